The first-order valence-corrected chi connectivity index (χ1v) is 7.77. The zero-order chi connectivity index (χ0) is 15.9. The van der Waals surface area contributed by atoms with Crippen LogP contribution in [0.2, 0.25) is 0 Å². The Labute approximate surface area is 128 Å². The maximum atomic E-state index is 12.3. The van der Waals surface area contributed by atoms with Gasteiger partial charge >= 0.3 is 6.18 Å². The van der Waals surface area contributed by atoms with Gasteiger partial charge in [-0.2, -0.15) is 13.2 Å². The topological polar surface area (TPSA) is 62.3 Å². The molecule has 1 aliphatic heterocycles. The van der Waals surface area contributed by atoms with E-state index in [0.29, 0.717) is 10.0 Å². The van der Waals surface area contributed by atoms with Crippen molar-refractivity contribution in [2.24, 2.45) is 5.92 Å². The Morgan fingerprint density at radius 2 is 2.18 bits per heavy atom. The molecule has 1 aromatic heterocycles. The minimum Gasteiger partial charge on any atom is -0.333 e. The number of amides is 2. The van der Waals surface area contributed by atoms with Crippen LogP contribution in [0.1, 0.15) is 23.4 Å². The predicted octanol–water partition coefficient (Wildman–Crippen LogP) is 1.98. The van der Waals surface area contributed by atoms with Crippen LogP contribution >= 0.6 is 11.3 Å². The lowest BCUT2D eigenvalue weighted by atomic mass is 10.1. The van der Waals surface area contributed by atoms with Crippen molar-refractivity contribution in [1.82, 2.24) is 9.88 Å². The number of carbonyl (C=O) groups excluding carboxylic acids is 2. The quantitative estimate of drug-likeness (QED) is 0.920. The summed E-state index contributed by atoms with van der Waals surface area (Å²) in [7, 11) is 0. The second-order valence-corrected chi connectivity index (χ2v) is 6.61. The van der Waals surface area contributed by atoms with Gasteiger partial charge in [-0.1, -0.05) is 0 Å². The van der Waals surface area contributed by atoms with Gasteiger partial charge in [-0.05, 0) is 19.3 Å². The second-order valence-electron chi connectivity index (χ2n) is 5.52. The predicted molar refractivity (Wildman–Crippen MR) is 73.5 cm³/mol. The number of hydrogen-bond acceptors (Lipinski definition) is 4. The molecule has 1 aliphatic carbocycles. The Bertz CT molecular complexity index is 593. The lowest BCUT2D eigenvalue weighted by Gasteiger charge is -2.18. The highest BCUT2D eigenvalue weighted by molar-refractivity contribution is 7.15. The largest absolute Gasteiger partial charge is 0.406 e. The van der Waals surface area contributed by atoms with Gasteiger partial charge in [0.25, 0.3) is 0 Å². The minimum atomic E-state index is -4.45. The number of likely N-dealkylation sites (tertiary alicyclic amines) is 1. The van der Waals surface area contributed by atoms with Crippen LogP contribution in [-0.2, 0) is 22.4 Å². The molecule has 2 heterocycles. The van der Waals surface area contributed by atoms with Crippen LogP contribution in [0.4, 0.5) is 18.3 Å². The molecule has 22 heavy (non-hydrogen) atoms. The Kier molecular flexibility index (Phi) is 3.84. The fourth-order valence-electron chi connectivity index (χ4n) is 2.77. The number of nitrogens with one attached hydrogen (secondary N) is 1. The molecule has 0 saturated carbocycles. The third-order valence-electron chi connectivity index (χ3n) is 3.78. The van der Waals surface area contributed by atoms with Crippen molar-refractivity contribution in [3.8, 4) is 0 Å². The zero-order valence-electron chi connectivity index (χ0n) is 11.6. The summed E-state index contributed by atoms with van der Waals surface area (Å²) in [5.41, 5.74) is 0.987. The molecule has 0 radical (unpaired) electrons. The lowest BCUT2D eigenvalue weighted by molar-refractivity contribution is -0.157. The second kappa shape index (κ2) is 5.53. The van der Waals surface area contributed by atoms with E-state index in [-0.39, 0.29) is 13.0 Å². The van der Waals surface area contributed by atoms with Crippen LogP contribution in [0.15, 0.2) is 0 Å². The fraction of sp³-hybridized carbons (Fsp3) is 0.615. The summed E-state index contributed by atoms with van der Waals surface area (Å²) < 4.78 is 37.0. The van der Waals surface area contributed by atoms with Gasteiger partial charge in [0.05, 0.1) is 11.6 Å². The zero-order valence-corrected chi connectivity index (χ0v) is 12.4. The van der Waals surface area contributed by atoms with Crippen LogP contribution < -0.4 is 5.32 Å². The van der Waals surface area contributed by atoms with Crippen LogP contribution in [0.5, 0.6) is 0 Å². The van der Waals surface area contributed by atoms with Crippen LogP contribution in [0.3, 0.4) is 0 Å². The average molecular weight is 333 g/mol. The average Bonchev–Trinajstić information content (AvgIpc) is 3.03. The molecule has 1 saturated heterocycles. The van der Waals surface area contributed by atoms with Gasteiger partial charge in [0.1, 0.15) is 6.54 Å². The number of anilines is 1. The van der Waals surface area contributed by atoms with E-state index in [1.165, 1.54) is 11.3 Å². The fourth-order valence-corrected chi connectivity index (χ4v) is 3.82. The molecule has 0 aromatic carbocycles. The Morgan fingerprint density at radius 1 is 1.41 bits per heavy atom. The molecule has 1 fully saturated rings. The van der Waals surface area contributed by atoms with Gasteiger partial charge < -0.3 is 10.2 Å². The molecule has 120 valence electrons. The van der Waals surface area contributed by atoms with Gasteiger partial charge in [0.15, 0.2) is 5.13 Å². The van der Waals surface area contributed by atoms with Gasteiger partial charge in [-0.15, -0.1) is 11.3 Å². The molecule has 2 amide bonds. The summed E-state index contributed by atoms with van der Waals surface area (Å²) in [6.07, 6.45) is -1.73. The van der Waals surface area contributed by atoms with Crippen molar-refractivity contribution >= 4 is 28.3 Å². The van der Waals surface area contributed by atoms with E-state index in [1.807, 2.05) is 0 Å². The summed E-state index contributed by atoms with van der Waals surface area (Å²) >= 11 is 1.40. The molecule has 9 heteroatoms. The van der Waals surface area contributed by atoms with E-state index in [4.69, 9.17) is 0 Å². The van der Waals surface area contributed by atoms with Gasteiger partial charge in [-0.25, -0.2) is 4.98 Å². The van der Waals surface area contributed by atoms with E-state index in [9.17, 15) is 22.8 Å². The number of aryl methyl sites for hydroxylation is 2. The Morgan fingerprint density at radius 3 is 2.86 bits per heavy atom. The normalized spacial score (nSPS) is 21.3. The van der Waals surface area contributed by atoms with E-state index < -0.39 is 30.5 Å². The van der Waals surface area contributed by atoms with Crippen LogP contribution in [0.25, 0.3) is 0 Å². The third-order valence-corrected chi connectivity index (χ3v) is 4.85. The Hall–Kier alpha value is -1.64. The van der Waals surface area contributed by atoms with E-state index in [0.717, 1.165) is 29.8 Å². The van der Waals surface area contributed by atoms with E-state index in [2.05, 4.69) is 10.3 Å². The number of aromatic nitrogens is 1. The van der Waals surface area contributed by atoms with Crippen molar-refractivity contribution < 1.29 is 22.8 Å². The summed E-state index contributed by atoms with van der Waals surface area (Å²) in [5, 5.41) is 3.09. The molecular formula is C13H14F3N3O2S. The van der Waals surface area contributed by atoms with Gasteiger partial charge in [0.2, 0.25) is 11.8 Å². The van der Waals surface area contributed by atoms with Gasteiger partial charge in [0, 0.05) is 17.8 Å². The number of hydrogen-bond donors (Lipinski definition) is 1. The Balaban J connectivity index is 1.60. The summed E-state index contributed by atoms with van der Waals surface area (Å²) in [4.78, 5) is 29.8. The number of nitrogens with zero attached hydrogens (tertiary/aromatic N) is 2. The molecule has 5 nitrogen and oxygen atoms in total. The molecule has 1 atom stereocenters. The maximum Gasteiger partial charge on any atom is 0.406 e. The first-order valence-electron chi connectivity index (χ1n) is 6.96. The summed E-state index contributed by atoms with van der Waals surface area (Å²) in [6.45, 7) is -1.50. The smallest absolute Gasteiger partial charge is 0.333 e. The number of alkyl halides is 3. The van der Waals surface area contributed by atoms with Crippen molar-refractivity contribution in [3.05, 3.63) is 10.6 Å². The molecule has 1 aromatic rings. The summed E-state index contributed by atoms with van der Waals surface area (Å²) in [5.74, 6) is -1.84. The standard InChI is InChI=1S/C13H14F3N3O2S/c14-13(15,16)6-19-5-7(4-10(19)20)11(21)18-12-17-8-2-1-3-9(8)22-12/h7H,1-6H2,(H,17,18,21)/t7-/m0/s1. The monoisotopic (exact) mass is 333 g/mol. The highest BCUT2D eigenvalue weighted by atomic mass is 32.1. The third kappa shape index (κ3) is 3.23. The number of rotatable bonds is 3. The molecule has 0 unspecified atom stereocenters. The SMILES string of the molecule is O=C(Nc1nc2c(s1)CCC2)[C@H]1CC(=O)N(CC(F)(F)F)C1. The van der Waals surface area contributed by atoms with Crippen molar-refractivity contribution in [1.29, 1.82) is 0 Å². The minimum absolute atomic E-state index is 0.187. The van der Waals surface area contributed by atoms with Crippen LogP contribution in [-0.4, -0.2) is 41.0 Å². The van der Waals surface area contributed by atoms with Crippen LogP contribution in [0, 0.1) is 5.92 Å². The van der Waals surface area contributed by atoms with Crippen molar-refractivity contribution in [2.45, 2.75) is 31.9 Å². The first-order chi connectivity index (χ1) is 10.3. The van der Waals surface area contributed by atoms with Crippen molar-refractivity contribution in [3.63, 3.8) is 0 Å². The molecule has 0 bridgehead atoms. The number of thiazole rings is 1. The highest BCUT2D eigenvalue weighted by Crippen LogP contribution is 2.31. The van der Waals surface area contributed by atoms with Crippen molar-refractivity contribution in [2.75, 3.05) is 18.4 Å². The molecule has 3 rings (SSSR count). The number of carbonyl (C=O) groups is 2. The molecular weight excluding hydrogens is 319 g/mol. The lowest BCUT2D eigenvalue weighted by Crippen LogP contribution is -2.36. The number of fused-ring (bicyclic) bond motifs is 1. The van der Waals surface area contributed by atoms with E-state index >= 15 is 0 Å². The maximum absolute atomic E-state index is 12.3. The summed E-state index contributed by atoms with van der Waals surface area (Å²) in [6, 6.07) is 0. The highest BCUT2D eigenvalue weighted by Gasteiger charge is 2.40. The van der Waals surface area contributed by atoms with Gasteiger partial charge in [-0.3, -0.25) is 9.59 Å². The van der Waals surface area contributed by atoms with E-state index in [1.54, 1.807) is 0 Å². The number of halogens is 3. The molecule has 0 spiro atoms. The molecule has 1 N–H and O–H groups in total. The first kappa shape index (κ1) is 15.3. The molecule has 2 aliphatic rings.